The van der Waals surface area contributed by atoms with Gasteiger partial charge in [0.1, 0.15) is 16.5 Å². The average Bonchev–Trinajstić information content (AvgIpc) is 2.51. The van der Waals surface area contributed by atoms with Crippen LogP contribution in [-0.4, -0.2) is 34.0 Å². The third-order valence-electron chi connectivity index (χ3n) is 3.73. The molecule has 0 amide bonds. The standard InChI is InChI=1S/C17H20F2N2O2S/c1-12-4-6-13(7-5-12)16(21(2)3)11-20-24(22,23)17-10-14(18)8-9-15(17)19/h4-10,16,20H,11H2,1-3H3/t16-/m0/s1. The van der Waals surface area contributed by atoms with Crippen molar-refractivity contribution >= 4 is 10.0 Å². The second-order valence-corrected chi connectivity index (χ2v) is 7.55. The first kappa shape index (κ1) is 18.5. The van der Waals surface area contributed by atoms with E-state index in [1.165, 1.54) is 0 Å². The van der Waals surface area contributed by atoms with Gasteiger partial charge in [-0.1, -0.05) is 29.8 Å². The summed E-state index contributed by atoms with van der Waals surface area (Å²) in [6.45, 7) is 2.00. The zero-order valence-corrected chi connectivity index (χ0v) is 14.6. The minimum absolute atomic E-state index is 0.0361. The molecule has 2 rings (SSSR count). The molecule has 7 heteroatoms. The molecule has 0 saturated carbocycles. The first-order valence-corrected chi connectivity index (χ1v) is 8.87. The number of halogens is 2. The summed E-state index contributed by atoms with van der Waals surface area (Å²) in [5.74, 6) is -1.79. The first-order valence-electron chi connectivity index (χ1n) is 7.38. The number of sulfonamides is 1. The van der Waals surface area contributed by atoms with Crippen LogP contribution < -0.4 is 4.72 Å². The second kappa shape index (κ2) is 7.38. The van der Waals surface area contributed by atoms with Crippen LogP contribution in [0.4, 0.5) is 8.78 Å². The largest absolute Gasteiger partial charge is 0.301 e. The Labute approximate surface area is 141 Å². The summed E-state index contributed by atoms with van der Waals surface area (Å²) in [4.78, 5) is 1.17. The Balaban J connectivity index is 2.22. The van der Waals surface area contributed by atoms with Gasteiger partial charge in [0.2, 0.25) is 10.0 Å². The fraction of sp³-hybridized carbons (Fsp3) is 0.294. The van der Waals surface area contributed by atoms with Crippen molar-refractivity contribution in [2.45, 2.75) is 17.9 Å². The summed E-state index contributed by atoms with van der Waals surface area (Å²) in [7, 11) is -0.508. The smallest absolute Gasteiger partial charge is 0.243 e. The van der Waals surface area contributed by atoms with Crippen molar-refractivity contribution in [1.29, 1.82) is 0 Å². The Bertz CT molecular complexity index is 806. The minimum Gasteiger partial charge on any atom is -0.301 e. The Morgan fingerprint density at radius 1 is 1.08 bits per heavy atom. The van der Waals surface area contributed by atoms with E-state index in [1.54, 1.807) is 0 Å². The topological polar surface area (TPSA) is 49.4 Å². The van der Waals surface area contributed by atoms with Crippen LogP contribution in [0.15, 0.2) is 47.4 Å². The van der Waals surface area contributed by atoms with E-state index in [4.69, 9.17) is 0 Å². The molecule has 24 heavy (non-hydrogen) atoms. The van der Waals surface area contributed by atoms with Crippen molar-refractivity contribution in [3.05, 3.63) is 65.2 Å². The van der Waals surface area contributed by atoms with Crippen molar-refractivity contribution in [3.63, 3.8) is 0 Å². The molecule has 1 atom stereocenters. The van der Waals surface area contributed by atoms with Gasteiger partial charge in [-0.25, -0.2) is 21.9 Å². The van der Waals surface area contributed by atoms with Crippen LogP contribution >= 0.6 is 0 Å². The molecular formula is C17H20F2N2O2S. The molecule has 0 aliphatic carbocycles. The number of aryl methyl sites for hydroxylation is 1. The van der Waals surface area contributed by atoms with Gasteiger partial charge in [0.15, 0.2) is 0 Å². The number of hydrogen-bond donors (Lipinski definition) is 1. The van der Waals surface area contributed by atoms with Crippen molar-refractivity contribution in [2.75, 3.05) is 20.6 Å². The number of rotatable bonds is 6. The molecule has 0 aromatic heterocycles. The summed E-state index contributed by atoms with van der Waals surface area (Å²) in [5, 5.41) is 0. The molecule has 0 unspecified atom stereocenters. The van der Waals surface area contributed by atoms with Crippen molar-refractivity contribution in [3.8, 4) is 0 Å². The Hall–Kier alpha value is -1.83. The lowest BCUT2D eigenvalue weighted by Gasteiger charge is -2.25. The van der Waals surface area contributed by atoms with Crippen LogP contribution in [0.25, 0.3) is 0 Å². The summed E-state index contributed by atoms with van der Waals surface area (Å²) in [6, 6.07) is 9.81. The lowest BCUT2D eigenvalue weighted by Crippen LogP contribution is -2.35. The van der Waals surface area contributed by atoms with Gasteiger partial charge in [0.05, 0.1) is 0 Å². The molecule has 2 aromatic carbocycles. The van der Waals surface area contributed by atoms with Gasteiger partial charge >= 0.3 is 0 Å². The summed E-state index contributed by atoms with van der Waals surface area (Å²) >= 11 is 0. The normalized spacial score (nSPS) is 13.2. The zero-order chi connectivity index (χ0) is 17.9. The van der Waals surface area contributed by atoms with Crippen LogP contribution in [-0.2, 0) is 10.0 Å². The number of benzene rings is 2. The van der Waals surface area contributed by atoms with Gasteiger partial charge in [-0.2, -0.15) is 0 Å². The van der Waals surface area contributed by atoms with Crippen molar-refractivity contribution < 1.29 is 17.2 Å². The quantitative estimate of drug-likeness (QED) is 0.868. The predicted molar refractivity (Wildman–Crippen MR) is 89.2 cm³/mol. The molecule has 0 spiro atoms. The summed E-state index contributed by atoms with van der Waals surface area (Å²) in [5.41, 5.74) is 2.02. The zero-order valence-electron chi connectivity index (χ0n) is 13.8. The van der Waals surface area contributed by atoms with Gasteiger partial charge in [-0.3, -0.25) is 0 Å². The molecular weight excluding hydrogens is 334 g/mol. The fourth-order valence-electron chi connectivity index (χ4n) is 2.34. The molecule has 2 aromatic rings. The van der Waals surface area contributed by atoms with Crippen LogP contribution in [0, 0.1) is 18.6 Å². The number of nitrogens with zero attached hydrogens (tertiary/aromatic N) is 1. The third kappa shape index (κ3) is 4.37. The van der Waals surface area contributed by atoms with E-state index in [-0.39, 0.29) is 12.6 Å². The first-order chi connectivity index (χ1) is 11.2. The lowest BCUT2D eigenvalue weighted by atomic mass is 10.0. The van der Waals surface area contributed by atoms with Crippen molar-refractivity contribution in [1.82, 2.24) is 9.62 Å². The molecule has 0 aliphatic rings. The van der Waals surface area contributed by atoms with Crippen molar-refractivity contribution in [2.24, 2.45) is 0 Å². The van der Waals surface area contributed by atoms with Crippen LogP contribution in [0.1, 0.15) is 17.2 Å². The SMILES string of the molecule is Cc1ccc([C@H](CNS(=O)(=O)c2cc(F)ccc2F)N(C)C)cc1. The van der Waals surface area contributed by atoms with Crippen LogP contribution in [0.5, 0.6) is 0 Å². The van der Waals surface area contributed by atoms with E-state index in [1.807, 2.05) is 50.2 Å². The highest BCUT2D eigenvalue weighted by Crippen LogP contribution is 2.20. The highest BCUT2D eigenvalue weighted by molar-refractivity contribution is 7.89. The van der Waals surface area contributed by atoms with Gasteiger partial charge in [0.25, 0.3) is 0 Å². The molecule has 0 saturated heterocycles. The highest BCUT2D eigenvalue weighted by atomic mass is 32.2. The van der Waals surface area contributed by atoms with E-state index in [9.17, 15) is 17.2 Å². The second-order valence-electron chi connectivity index (χ2n) is 5.82. The molecule has 1 N–H and O–H groups in total. The van der Waals surface area contributed by atoms with E-state index in [2.05, 4.69) is 4.72 Å². The molecule has 0 radical (unpaired) electrons. The molecule has 4 nitrogen and oxygen atoms in total. The maximum Gasteiger partial charge on any atom is 0.243 e. The average molecular weight is 354 g/mol. The fourth-order valence-corrected chi connectivity index (χ4v) is 3.46. The lowest BCUT2D eigenvalue weighted by molar-refractivity contribution is 0.299. The highest BCUT2D eigenvalue weighted by Gasteiger charge is 2.23. The van der Waals surface area contributed by atoms with Gasteiger partial charge in [-0.15, -0.1) is 0 Å². The predicted octanol–water partition coefficient (Wildman–Crippen LogP) is 2.85. The van der Waals surface area contributed by atoms with E-state index in [0.717, 1.165) is 23.3 Å². The number of hydrogen-bond acceptors (Lipinski definition) is 3. The van der Waals surface area contributed by atoms with Gasteiger partial charge in [0, 0.05) is 12.6 Å². The molecule has 130 valence electrons. The maximum atomic E-state index is 13.7. The summed E-state index contributed by atoms with van der Waals surface area (Å²) in [6.07, 6.45) is 0. The number of nitrogens with one attached hydrogen (secondary N) is 1. The van der Waals surface area contributed by atoms with Crippen LogP contribution in [0.2, 0.25) is 0 Å². The summed E-state index contributed by atoms with van der Waals surface area (Å²) < 4.78 is 53.9. The van der Waals surface area contributed by atoms with E-state index < -0.39 is 26.6 Å². The van der Waals surface area contributed by atoms with Gasteiger partial charge in [-0.05, 0) is 44.8 Å². The molecule has 0 aliphatic heterocycles. The van der Waals surface area contributed by atoms with E-state index >= 15 is 0 Å². The third-order valence-corrected chi connectivity index (χ3v) is 5.17. The Morgan fingerprint density at radius 2 is 1.71 bits per heavy atom. The monoisotopic (exact) mass is 354 g/mol. The maximum absolute atomic E-state index is 13.7. The van der Waals surface area contributed by atoms with Crippen LogP contribution in [0.3, 0.4) is 0 Å². The van der Waals surface area contributed by atoms with Gasteiger partial charge < -0.3 is 4.90 Å². The minimum atomic E-state index is -4.15. The molecule has 0 heterocycles. The Kier molecular flexibility index (Phi) is 5.69. The molecule has 0 bridgehead atoms. The Morgan fingerprint density at radius 3 is 2.29 bits per heavy atom. The number of likely N-dealkylation sites (N-methyl/N-ethyl adjacent to an activating group) is 1. The van der Waals surface area contributed by atoms with E-state index in [0.29, 0.717) is 6.07 Å². The molecule has 0 fully saturated rings.